The number of thioether (sulfide) groups is 1. The lowest BCUT2D eigenvalue weighted by Gasteiger charge is -2.03. The molecule has 0 saturated carbocycles. The molecule has 0 spiro atoms. The number of nitrogens with zero attached hydrogens (tertiary/aromatic N) is 3. The van der Waals surface area contributed by atoms with Crippen LogP contribution in [0, 0.1) is 6.92 Å². The van der Waals surface area contributed by atoms with Crippen LogP contribution >= 0.6 is 11.8 Å². The van der Waals surface area contributed by atoms with Crippen molar-refractivity contribution in [2.45, 2.75) is 17.8 Å². The molecule has 0 unspecified atom stereocenters. The summed E-state index contributed by atoms with van der Waals surface area (Å²) in [6.07, 6.45) is 0. The smallest absolute Gasteiger partial charge is 0.336 e. The number of hydrogen-bond acceptors (Lipinski definition) is 3. The second-order valence-electron chi connectivity index (χ2n) is 4.26. The average molecular weight is 278 g/mol. The maximum atomic E-state index is 11.1. The minimum absolute atomic E-state index is 0.352. The fraction of sp³-hybridized carbons (Fsp3) is 0.308. The van der Waals surface area contributed by atoms with Gasteiger partial charge in [-0.1, -0.05) is 18.2 Å². The Morgan fingerprint density at radius 3 is 2.74 bits per heavy atom. The fourth-order valence-electron chi connectivity index (χ4n) is 1.75. The molecule has 1 aromatic carbocycles. The van der Waals surface area contributed by atoms with Gasteiger partial charge in [0.15, 0.2) is 0 Å². The van der Waals surface area contributed by atoms with Crippen molar-refractivity contribution in [1.29, 1.82) is 0 Å². The zero-order chi connectivity index (χ0) is 14.0. The molecular formula is C13H16N3O2S+. The Kier molecular flexibility index (Phi) is 3.90. The van der Waals surface area contributed by atoms with Gasteiger partial charge in [0.2, 0.25) is 5.82 Å². The number of aryl methyl sites for hydroxylation is 1. The van der Waals surface area contributed by atoms with Crippen LogP contribution in [0.5, 0.6) is 0 Å². The predicted octanol–water partition coefficient (Wildman–Crippen LogP) is 1.54. The van der Waals surface area contributed by atoms with Gasteiger partial charge in [-0.3, -0.25) is 0 Å². The van der Waals surface area contributed by atoms with Gasteiger partial charge < -0.3 is 5.11 Å². The summed E-state index contributed by atoms with van der Waals surface area (Å²) in [5.41, 5.74) is 1.16. The van der Waals surface area contributed by atoms with Gasteiger partial charge in [0, 0.05) is 12.7 Å². The van der Waals surface area contributed by atoms with Crippen molar-refractivity contribution in [1.82, 2.24) is 9.78 Å². The molecule has 0 aliphatic heterocycles. The normalized spacial score (nSPS) is 10.7. The van der Waals surface area contributed by atoms with Crippen LogP contribution in [0.1, 0.15) is 21.7 Å². The molecule has 1 aromatic heterocycles. The third-order valence-electron chi connectivity index (χ3n) is 3.08. The van der Waals surface area contributed by atoms with Crippen LogP contribution in [0.4, 0.5) is 0 Å². The largest absolute Gasteiger partial charge is 0.478 e. The summed E-state index contributed by atoms with van der Waals surface area (Å²) in [6.45, 7) is 1.99. The fourth-order valence-corrected chi connectivity index (χ4v) is 2.79. The predicted molar refractivity (Wildman–Crippen MR) is 72.1 cm³/mol. The number of carbonyl (C=O) groups is 1. The number of benzene rings is 1. The van der Waals surface area contributed by atoms with Gasteiger partial charge in [-0.15, -0.1) is 4.68 Å². The van der Waals surface area contributed by atoms with E-state index in [-0.39, 0.29) is 0 Å². The maximum Gasteiger partial charge on any atom is 0.336 e. The molecule has 0 amide bonds. The van der Waals surface area contributed by atoms with Crippen molar-refractivity contribution >= 4 is 17.7 Å². The van der Waals surface area contributed by atoms with E-state index in [2.05, 4.69) is 5.10 Å². The van der Waals surface area contributed by atoms with E-state index < -0.39 is 5.97 Å². The monoisotopic (exact) mass is 278 g/mol. The van der Waals surface area contributed by atoms with E-state index in [0.29, 0.717) is 11.3 Å². The van der Waals surface area contributed by atoms with Crippen LogP contribution in [-0.2, 0) is 19.8 Å². The highest BCUT2D eigenvalue weighted by Gasteiger charge is 2.18. The van der Waals surface area contributed by atoms with Gasteiger partial charge in [0.05, 0.1) is 24.8 Å². The molecule has 5 nitrogen and oxygen atoms in total. The molecule has 0 aliphatic rings. The Bertz CT molecular complexity index is 622. The molecule has 100 valence electrons. The number of hydrogen-bond donors (Lipinski definition) is 1. The maximum absolute atomic E-state index is 11.1. The number of rotatable bonds is 4. The zero-order valence-corrected chi connectivity index (χ0v) is 11.9. The van der Waals surface area contributed by atoms with Crippen LogP contribution in [0.3, 0.4) is 0 Å². The van der Waals surface area contributed by atoms with E-state index in [0.717, 1.165) is 16.5 Å². The van der Waals surface area contributed by atoms with E-state index >= 15 is 0 Å². The van der Waals surface area contributed by atoms with E-state index in [9.17, 15) is 4.79 Å². The van der Waals surface area contributed by atoms with Crippen LogP contribution in [0.15, 0.2) is 29.4 Å². The van der Waals surface area contributed by atoms with Crippen molar-refractivity contribution in [3.63, 3.8) is 0 Å². The summed E-state index contributed by atoms with van der Waals surface area (Å²) in [4.78, 5) is 11.1. The second kappa shape index (κ2) is 5.44. The third-order valence-corrected chi connectivity index (χ3v) is 4.15. The van der Waals surface area contributed by atoms with Crippen molar-refractivity contribution in [3.8, 4) is 0 Å². The molecule has 0 atom stereocenters. The standard InChI is InChI=1S/C13H15N3O2S/c1-9-15(2)13(14-16(9)3)19-8-10-6-4-5-7-11(10)12(17)18/h4-7H,8H2,1-3H3/p+1. The topological polar surface area (TPSA) is 59.0 Å². The number of aromatic nitrogens is 3. The summed E-state index contributed by atoms with van der Waals surface area (Å²) in [6, 6.07) is 7.06. The first kappa shape index (κ1) is 13.6. The molecule has 2 rings (SSSR count). The van der Waals surface area contributed by atoms with Crippen molar-refractivity contribution in [2.75, 3.05) is 0 Å². The quantitative estimate of drug-likeness (QED) is 0.681. The lowest BCUT2D eigenvalue weighted by molar-refractivity contribution is -0.715. The Balaban J connectivity index is 2.19. The number of carboxylic acids is 1. The Labute approximate surface area is 115 Å². The molecule has 0 radical (unpaired) electrons. The van der Waals surface area contributed by atoms with E-state index in [1.165, 1.54) is 11.8 Å². The second-order valence-corrected chi connectivity index (χ2v) is 5.21. The van der Waals surface area contributed by atoms with Gasteiger partial charge in [0.1, 0.15) is 0 Å². The Morgan fingerprint density at radius 2 is 2.16 bits per heavy atom. The molecule has 0 bridgehead atoms. The lowest BCUT2D eigenvalue weighted by Crippen LogP contribution is -2.32. The van der Waals surface area contributed by atoms with Crippen LogP contribution < -0.4 is 4.57 Å². The highest BCUT2D eigenvalue weighted by atomic mass is 32.2. The SMILES string of the molecule is Cc1n(C)nc(SCc2ccccc2C(=O)O)[n+]1C. The van der Waals surface area contributed by atoms with E-state index in [4.69, 9.17) is 5.11 Å². The minimum atomic E-state index is -0.891. The Hall–Kier alpha value is -1.82. The molecular weight excluding hydrogens is 262 g/mol. The van der Waals surface area contributed by atoms with Gasteiger partial charge in [-0.2, -0.15) is 0 Å². The van der Waals surface area contributed by atoms with Crippen molar-refractivity contribution in [2.24, 2.45) is 14.1 Å². The van der Waals surface area contributed by atoms with Crippen LogP contribution in [0.25, 0.3) is 0 Å². The van der Waals surface area contributed by atoms with Crippen LogP contribution in [-0.4, -0.2) is 20.9 Å². The molecule has 1 N–H and O–H groups in total. The molecule has 19 heavy (non-hydrogen) atoms. The summed E-state index contributed by atoms with van der Waals surface area (Å²) < 4.78 is 3.81. The summed E-state index contributed by atoms with van der Waals surface area (Å²) >= 11 is 1.53. The first-order valence-corrected chi connectivity index (χ1v) is 6.83. The molecule has 0 fully saturated rings. The van der Waals surface area contributed by atoms with Crippen molar-refractivity contribution < 1.29 is 14.5 Å². The van der Waals surface area contributed by atoms with Gasteiger partial charge in [0.25, 0.3) is 0 Å². The Morgan fingerprint density at radius 1 is 1.47 bits per heavy atom. The minimum Gasteiger partial charge on any atom is -0.478 e. The van der Waals surface area contributed by atoms with Gasteiger partial charge >= 0.3 is 11.1 Å². The molecule has 0 saturated heterocycles. The third kappa shape index (κ3) is 2.78. The summed E-state index contributed by atoms with van der Waals surface area (Å²) in [5.74, 6) is 0.749. The van der Waals surface area contributed by atoms with E-state index in [1.807, 2.05) is 42.4 Å². The average Bonchev–Trinajstić information content (AvgIpc) is 2.64. The first-order valence-electron chi connectivity index (χ1n) is 5.84. The van der Waals surface area contributed by atoms with Crippen molar-refractivity contribution in [3.05, 3.63) is 41.2 Å². The van der Waals surface area contributed by atoms with Gasteiger partial charge in [-0.25, -0.2) is 9.36 Å². The zero-order valence-electron chi connectivity index (χ0n) is 11.1. The molecule has 2 aromatic rings. The highest BCUT2D eigenvalue weighted by molar-refractivity contribution is 7.98. The first-order chi connectivity index (χ1) is 9.00. The van der Waals surface area contributed by atoms with E-state index in [1.54, 1.807) is 12.1 Å². The summed E-state index contributed by atoms with van der Waals surface area (Å²) in [7, 11) is 3.85. The summed E-state index contributed by atoms with van der Waals surface area (Å²) in [5, 5.41) is 14.4. The number of carboxylic acid groups (broad SMARTS) is 1. The van der Waals surface area contributed by atoms with Gasteiger partial charge in [-0.05, 0) is 23.4 Å². The molecule has 6 heteroatoms. The number of aromatic carboxylic acids is 1. The van der Waals surface area contributed by atoms with Crippen LogP contribution in [0.2, 0.25) is 0 Å². The molecule has 0 aliphatic carbocycles. The molecule has 1 heterocycles. The highest BCUT2D eigenvalue weighted by Crippen LogP contribution is 2.21. The lowest BCUT2D eigenvalue weighted by atomic mass is 10.1.